The van der Waals surface area contributed by atoms with E-state index in [4.69, 9.17) is 5.84 Å². The molecule has 1 unspecified atom stereocenters. The van der Waals surface area contributed by atoms with E-state index in [2.05, 4.69) is 36.3 Å². The van der Waals surface area contributed by atoms with Crippen molar-refractivity contribution in [1.29, 1.82) is 0 Å². The predicted molar refractivity (Wildman–Crippen MR) is 121 cm³/mol. The minimum Gasteiger partial charge on any atom is -0.335 e. The fourth-order valence-electron chi connectivity index (χ4n) is 2.86. The van der Waals surface area contributed by atoms with Crippen LogP contribution in [0.3, 0.4) is 0 Å². The van der Waals surface area contributed by atoms with Crippen molar-refractivity contribution >= 4 is 29.0 Å². The van der Waals surface area contributed by atoms with Crippen LogP contribution in [-0.2, 0) is 10.2 Å². The Kier molecular flexibility index (Phi) is 6.30. The number of thioether (sulfide) groups is 1. The molecule has 0 aliphatic heterocycles. The lowest BCUT2D eigenvalue weighted by Crippen LogP contribution is -2.24. The molecule has 1 heterocycles. The Hall–Kier alpha value is -3.40. The lowest BCUT2D eigenvalue weighted by Gasteiger charge is -2.19. The van der Waals surface area contributed by atoms with Crippen molar-refractivity contribution in [2.24, 2.45) is 0 Å². The third kappa shape index (κ3) is 5.02. The molecule has 1 atom stereocenters. The summed E-state index contributed by atoms with van der Waals surface area (Å²) in [6, 6.07) is 13.9. The SMILES string of the molecule is CC(Sc1nnc(-c2ccc(C(C)(C)C)cc2)n1N)C(=O)Nc1ccccc1[N+](=O)[O-]. The molecule has 0 spiro atoms. The van der Waals surface area contributed by atoms with E-state index in [1.165, 1.54) is 22.4 Å². The second-order valence-electron chi connectivity index (χ2n) is 8.03. The summed E-state index contributed by atoms with van der Waals surface area (Å²) in [4.78, 5) is 23.2. The van der Waals surface area contributed by atoms with Crippen molar-refractivity contribution in [3.63, 3.8) is 0 Å². The molecule has 162 valence electrons. The van der Waals surface area contributed by atoms with Gasteiger partial charge in [-0.1, -0.05) is 68.9 Å². The third-order valence-electron chi connectivity index (χ3n) is 4.68. The number of nitrogens with zero attached hydrogens (tertiary/aromatic N) is 4. The first kappa shape index (κ1) is 22.3. The summed E-state index contributed by atoms with van der Waals surface area (Å²) in [5.41, 5.74) is 2.00. The maximum atomic E-state index is 12.6. The number of carbonyl (C=O) groups is 1. The zero-order valence-corrected chi connectivity index (χ0v) is 18.5. The van der Waals surface area contributed by atoms with Crippen LogP contribution in [0.25, 0.3) is 11.4 Å². The van der Waals surface area contributed by atoms with Gasteiger partial charge in [0.05, 0.1) is 10.2 Å². The fourth-order valence-corrected chi connectivity index (χ4v) is 3.63. The number of amides is 1. The quantitative estimate of drug-likeness (QED) is 0.257. The monoisotopic (exact) mass is 440 g/mol. The van der Waals surface area contributed by atoms with Crippen molar-refractivity contribution in [3.05, 3.63) is 64.2 Å². The Morgan fingerprint density at radius 1 is 1.16 bits per heavy atom. The molecule has 31 heavy (non-hydrogen) atoms. The Bertz CT molecular complexity index is 1110. The molecule has 0 bridgehead atoms. The summed E-state index contributed by atoms with van der Waals surface area (Å²) in [5, 5.41) is 21.7. The van der Waals surface area contributed by atoms with Gasteiger partial charge < -0.3 is 11.2 Å². The van der Waals surface area contributed by atoms with Crippen LogP contribution in [0.2, 0.25) is 0 Å². The number of carbonyl (C=O) groups excluding carboxylic acids is 1. The van der Waals surface area contributed by atoms with Crippen LogP contribution in [0.4, 0.5) is 11.4 Å². The highest BCUT2D eigenvalue weighted by molar-refractivity contribution is 8.00. The number of nitro benzene ring substituents is 1. The summed E-state index contributed by atoms with van der Waals surface area (Å²) in [6.45, 7) is 8.08. The minimum absolute atomic E-state index is 0.0343. The second-order valence-corrected chi connectivity index (χ2v) is 9.34. The van der Waals surface area contributed by atoms with Crippen LogP contribution in [0, 0.1) is 10.1 Å². The molecule has 0 saturated carbocycles. The standard InChI is InChI=1S/C21H24N6O3S/c1-13(19(28)23-16-7-5-6-8-17(16)27(29)30)31-20-25-24-18(26(20)22)14-9-11-15(12-10-14)21(2,3)4/h5-13H,22H2,1-4H3,(H,23,28). The first-order valence-corrected chi connectivity index (χ1v) is 10.5. The average molecular weight is 441 g/mol. The van der Waals surface area contributed by atoms with Crippen molar-refractivity contribution in [2.75, 3.05) is 11.2 Å². The van der Waals surface area contributed by atoms with E-state index in [9.17, 15) is 14.9 Å². The van der Waals surface area contributed by atoms with Crippen LogP contribution < -0.4 is 11.2 Å². The van der Waals surface area contributed by atoms with Crippen LogP contribution in [0.15, 0.2) is 53.7 Å². The van der Waals surface area contributed by atoms with Gasteiger partial charge in [0.2, 0.25) is 11.1 Å². The molecule has 9 nitrogen and oxygen atoms in total. The number of nitrogen functional groups attached to an aromatic ring is 1. The molecule has 1 amide bonds. The number of anilines is 1. The number of hydrogen-bond acceptors (Lipinski definition) is 7. The molecule has 3 N–H and O–H groups in total. The summed E-state index contributed by atoms with van der Waals surface area (Å²) < 4.78 is 1.34. The van der Waals surface area contributed by atoms with Gasteiger partial charge in [-0.2, -0.15) is 0 Å². The van der Waals surface area contributed by atoms with E-state index in [1.807, 2.05) is 24.3 Å². The molecule has 0 fully saturated rings. The van der Waals surface area contributed by atoms with E-state index in [0.717, 1.165) is 17.3 Å². The molecular weight excluding hydrogens is 416 g/mol. The smallest absolute Gasteiger partial charge is 0.292 e. The lowest BCUT2D eigenvalue weighted by molar-refractivity contribution is -0.383. The Morgan fingerprint density at radius 3 is 2.42 bits per heavy atom. The summed E-state index contributed by atoms with van der Waals surface area (Å²) in [7, 11) is 0. The van der Waals surface area contributed by atoms with E-state index >= 15 is 0 Å². The van der Waals surface area contributed by atoms with E-state index in [0.29, 0.717) is 11.0 Å². The van der Waals surface area contributed by atoms with Crippen LogP contribution >= 0.6 is 11.8 Å². The van der Waals surface area contributed by atoms with Gasteiger partial charge in [0.25, 0.3) is 5.69 Å². The van der Waals surface area contributed by atoms with Gasteiger partial charge in [0, 0.05) is 11.6 Å². The highest BCUT2D eigenvalue weighted by Gasteiger charge is 2.23. The number of aromatic nitrogens is 3. The number of nitrogens with two attached hydrogens (primary N) is 1. The number of nitro groups is 1. The first-order valence-electron chi connectivity index (χ1n) is 9.60. The molecule has 0 aliphatic rings. The van der Waals surface area contributed by atoms with Gasteiger partial charge in [0.15, 0.2) is 5.82 Å². The molecule has 1 aromatic heterocycles. The number of hydrogen-bond donors (Lipinski definition) is 2. The largest absolute Gasteiger partial charge is 0.335 e. The fraction of sp³-hybridized carbons (Fsp3) is 0.286. The van der Waals surface area contributed by atoms with Crippen molar-refractivity contribution in [2.45, 2.75) is 43.5 Å². The highest BCUT2D eigenvalue weighted by Crippen LogP contribution is 2.29. The average Bonchev–Trinajstić information content (AvgIpc) is 3.07. The summed E-state index contributed by atoms with van der Waals surface area (Å²) in [5.74, 6) is 6.25. The van der Waals surface area contributed by atoms with Gasteiger partial charge in [-0.25, -0.2) is 4.68 Å². The van der Waals surface area contributed by atoms with Crippen LogP contribution in [0.5, 0.6) is 0 Å². The first-order chi connectivity index (χ1) is 14.6. The molecule has 3 aromatic rings. The Morgan fingerprint density at radius 2 is 1.81 bits per heavy atom. The number of para-hydroxylation sites is 2. The molecule has 10 heteroatoms. The summed E-state index contributed by atoms with van der Waals surface area (Å²) in [6.07, 6.45) is 0. The van der Waals surface area contributed by atoms with Gasteiger partial charge in [-0.3, -0.25) is 14.9 Å². The normalized spacial score (nSPS) is 12.4. The summed E-state index contributed by atoms with van der Waals surface area (Å²) >= 11 is 1.12. The predicted octanol–water partition coefficient (Wildman–Crippen LogP) is 3.98. The highest BCUT2D eigenvalue weighted by atomic mass is 32.2. The zero-order chi connectivity index (χ0) is 22.8. The zero-order valence-electron chi connectivity index (χ0n) is 17.7. The molecule has 0 aliphatic carbocycles. The van der Waals surface area contributed by atoms with E-state index in [1.54, 1.807) is 19.1 Å². The molecule has 2 aromatic carbocycles. The van der Waals surface area contributed by atoms with Crippen LogP contribution in [-0.4, -0.2) is 31.0 Å². The van der Waals surface area contributed by atoms with Crippen molar-refractivity contribution in [3.8, 4) is 11.4 Å². The number of rotatable bonds is 6. The van der Waals surface area contributed by atoms with E-state index < -0.39 is 16.1 Å². The lowest BCUT2D eigenvalue weighted by atomic mass is 9.87. The topological polar surface area (TPSA) is 129 Å². The second kappa shape index (κ2) is 8.76. The van der Waals surface area contributed by atoms with Crippen molar-refractivity contribution < 1.29 is 9.72 Å². The number of benzene rings is 2. The maximum absolute atomic E-state index is 12.6. The van der Waals surface area contributed by atoms with Crippen LogP contribution in [0.1, 0.15) is 33.3 Å². The van der Waals surface area contributed by atoms with E-state index in [-0.39, 0.29) is 16.8 Å². The van der Waals surface area contributed by atoms with Gasteiger partial charge >= 0.3 is 0 Å². The van der Waals surface area contributed by atoms with Gasteiger partial charge in [-0.05, 0) is 24.0 Å². The number of nitrogens with one attached hydrogen (secondary N) is 1. The van der Waals surface area contributed by atoms with Gasteiger partial charge in [-0.15, -0.1) is 10.2 Å². The molecule has 3 rings (SSSR count). The van der Waals surface area contributed by atoms with Crippen molar-refractivity contribution in [1.82, 2.24) is 14.9 Å². The van der Waals surface area contributed by atoms with Gasteiger partial charge in [0.1, 0.15) is 5.69 Å². The molecule has 0 radical (unpaired) electrons. The molecule has 0 saturated heterocycles. The maximum Gasteiger partial charge on any atom is 0.292 e. The third-order valence-corrected chi connectivity index (χ3v) is 5.74. The molecular formula is C21H24N6O3S. The Balaban J connectivity index is 1.73. The Labute approximate surface area is 184 Å². The minimum atomic E-state index is -0.609.